The number of aryl methyl sites for hydroxylation is 2. The Morgan fingerprint density at radius 2 is 1.54 bits per heavy atom. The Hall–Kier alpha value is -1.68. The lowest BCUT2D eigenvalue weighted by Crippen LogP contribution is -2.51. The lowest BCUT2D eigenvalue weighted by molar-refractivity contribution is -0.118. The number of nitrogens with zero attached hydrogens (tertiary/aromatic N) is 1. The molecule has 3 heteroatoms. The minimum atomic E-state index is -1.01. The van der Waals surface area contributed by atoms with Crippen molar-refractivity contribution in [3.63, 3.8) is 0 Å². The molecule has 1 aliphatic heterocycles. The van der Waals surface area contributed by atoms with Gasteiger partial charge in [0.15, 0.2) is 0 Å². The van der Waals surface area contributed by atoms with Crippen molar-refractivity contribution in [2.75, 3.05) is 20.1 Å². The summed E-state index contributed by atoms with van der Waals surface area (Å²) in [6, 6.07) is 16.0. The van der Waals surface area contributed by atoms with Crippen molar-refractivity contribution in [1.82, 2.24) is 4.90 Å². The van der Waals surface area contributed by atoms with E-state index in [-0.39, 0.29) is 5.92 Å². The van der Waals surface area contributed by atoms with Crippen molar-refractivity contribution >= 4 is 0 Å². The van der Waals surface area contributed by atoms with Crippen LogP contribution in [0.3, 0.4) is 0 Å². The fourth-order valence-corrected chi connectivity index (χ4v) is 3.68. The van der Waals surface area contributed by atoms with E-state index in [0.29, 0.717) is 13.0 Å². The number of aliphatic hydroxyl groups is 2. The van der Waals surface area contributed by atoms with Crippen LogP contribution in [0.2, 0.25) is 0 Å². The van der Waals surface area contributed by atoms with Gasteiger partial charge in [0.1, 0.15) is 0 Å². The van der Waals surface area contributed by atoms with E-state index in [1.165, 1.54) is 11.1 Å². The molecule has 0 saturated carbocycles. The summed E-state index contributed by atoms with van der Waals surface area (Å²) in [5.74, 6) is -0.262. The topological polar surface area (TPSA) is 43.7 Å². The first-order chi connectivity index (χ1) is 11.4. The van der Waals surface area contributed by atoms with Gasteiger partial charge in [-0.15, -0.1) is 0 Å². The predicted octanol–water partition coefficient (Wildman–Crippen LogP) is 3.18. The number of hydrogen-bond donors (Lipinski definition) is 2. The summed E-state index contributed by atoms with van der Waals surface area (Å²) in [6.07, 6.45) is -0.0696. The summed E-state index contributed by atoms with van der Waals surface area (Å²) in [5, 5.41) is 22.5. The summed E-state index contributed by atoms with van der Waals surface area (Å²) in [5.41, 5.74) is 3.10. The monoisotopic (exact) mass is 325 g/mol. The highest BCUT2D eigenvalue weighted by Gasteiger charge is 2.45. The summed E-state index contributed by atoms with van der Waals surface area (Å²) >= 11 is 0. The molecule has 0 radical (unpaired) electrons. The molecule has 1 saturated heterocycles. The van der Waals surface area contributed by atoms with Gasteiger partial charge < -0.3 is 15.1 Å². The maximum Gasteiger partial charge on any atom is 0.0977 e. The minimum Gasteiger partial charge on any atom is -0.388 e. The fraction of sp³-hybridized carbons (Fsp3) is 0.429. The maximum absolute atomic E-state index is 11.5. The van der Waals surface area contributed by atoms with E-state index in [0.717, 1.165) is 17.7 Å². The van der Waals surface area contributed by atoms with E-state index in [9.17, 15) is 10.2 Å². The second-order valence-electron chi connectivity index (χ2n) is 7.26. The third-order valence-electron chi connectivity index (χ3n) is 5.35. The van der Waals surface area contributed by atoms with Crippen molar-refractivity contribution in [2.24, 2.45) is 5.92 Å². The molecule has 3 nitrogen and oxygen atoms in total. The molecule has 3 rings (SSSR count). The quantitative estimate of drug-likeness (QED) is 0.911. The molecule has 0 aliphatic carbocycles. The molecule has 0 bridgehead atoms. The number of hydrogen-bond acceptors (Lipinski definition) is 3. The smallest absolute Gasteiger partial charge is 0.0977 e. The molecule has 24 heavy (non-hydrogen) atoms. The molecule has 2 aromatic rings. The molecular formula is C21H27NO2. The van der Waals surface area contributed by atoms with Crippen LogP contribution in [-0.2, 0) is 5.60 Å². The van der Waals surface area contributed by atoms with E-state index in [4.69, 9.17) is 0 Å². The Balaban J connectivity index is 1.97. The molecule has 2 aromatic carbocycles. The van der Waals surface area contributed by atoms with E-state index in [2.05, 4.69) is 4.90 Å². The van der Waals surface area contributed by atoms with E-state index in [1.54, 1.807) is 0 Å². The number of likely N-dealkylation sites (tertiary alicyclic amines) is 1. The van der Waals surface area contributed by atoms with Crippen LogP contribution in [0.25, 0.3) is 0 Å². The first kappa shape index (κ1) is 17.2. The molecule has 128 valence electrons. The Morgan fingerprint density at radius 1 is 1.00 bits per heavy atom. The minimum absolute atomic E-state index is 0.262. The standard InChI is InChI=1S/C21H27NO2/c1-15-4-8-17(9-5-15)20(23)19-14-22(3)13-12-21(19,24)18-10-6-16(2)7-11-18/h4-11,19-20,23-24H,12-14H2,1-3H3/t19-,20+,21+/m0/s1. The molecule has 1 heterocycles. The van der Waals surface area contributed by atoms with Crippen LogP contribution in [-0.4, -0.2) is 35.3 Å². The van der Waals surface area contributed by atoms with Crippen LogP contribution in [0, 0.1) is 19.8 Å². The highest BCUT2D eigenvalue weighted by molar-refractivity contribution is 5.31. The third kappa shape index (κ3) is 3.25. The lowest BCUT2D eigenvalue weighted by Gasteiger charge is -2.46. The van der Waals surface area contributed by atoms with Crippen molar-refractivity contribution in [1.29, 1.82) is 0 Å². The van der Waals surface area contributed by atoms with Gasteiger partial charge in [0.25, 0.3) is 0 Å². The van der Waals surface area contributed by atoms with Gasteiger partial charge in [-0.25, -0.2) is 0 Å². The van der Waals surface area contributed by atoms with Crippen LogP contribution in [0.5, 0.6) is 0 Å². The van der Waals surface area contributed by atoms with Crippen LogP contribution < -0.4 is 0 Å². The van der Waals surface area contributed by atoms with Crippen molar-refractivity contribution in [2.45, 2.75) is 32.0 Å². The van der Waals surface area contributed by atoms with E-state index in [1.807, 2.05) is 69.4 Å². The highest BCUT2D eigenvalue weighted by atomic mass is 16.3. The first-order valence-electron chi connectivity index (χ1n) is 8.63. The third-order valence-corrected chi connectivity index (χ3v) is 5.35. The SMILES string of the molecule is Cc1ccc([C@@H](O)[C@@H]2CN(C)CC[C@@]2(O)c2ccc(C)cc2)cc1. The van der Waals surface area contributed by atoms with Gasteiger partial charge in [-0.3, -0.25) is 0 Å². The molecule has 0 spiro atoms. The molecule has 3 atom stereocenters. The predicted molar refractivity (Wildman–Crippen MR) is 96.8 cm³/mol. The Labute approximate surface area is 144 Å². The van der Waals surface area contributed by atoms with Crippen LogP contribution >= 0.6 is 0 Å². The zero-order valence-corrected chi connectivity index (χ0v) is 14.7. The highest BCUT2D eigenvalue weighted by Crippen LogP contribution is 2.43. The largest absolute Gasteiger partial charge is 0.388 e. The van der Waals surface area contributed by atoms with E-state index >= 15 is 0 Å². The molecule has 0 amide bonds. The van der Waals surface area contributed by atoms with Crippen molar-refractivity contribution < 1.29 is 10.2 Å². The van der Waals surface area contributed by atoms with Gasteiger partial charge in [0, 0.05) is 19.0 Å². The lowest BCUT2D eigenvalue weighted by atomic mass is 9.72. The molecule has 1 aliphatic rings. The number of aliphatic hydroxyl groups excluding tert-OH is 1. The average Bonchev–Trinajstić information content (AvgIpc) is 2.58. The summed E-state index contributed by atoms with van der Waals surface area (Å²) in [4.78, 5) is 2.19. The van der Waals surface area contributed by atoms with Gasteiger partial charge in [-0.1, -0.05) is 59.7 Å². The van der Waals surface area contributed by atoms with Gasteiger partial charge in [-0.05, 0) is 38.4 Å². The zero-order chi connectivity index (χ0) is 17.3. The molecule has 0 unspecified atom stereocenters. The second-order valence-corrected chi connectivity index (χ2v) is 7.26. The average molecular weight is 325 g/mol. The van der Waals surface area contributed by atoms with Gasteiger partial charge >= 0.3 is 0 Å². The molecule has 2 N–H and O–H groups in total. The number of benzene rings is 2. The first-order valence-corrected chi connectivity index (χ1v) is 8.63. The van der Waals surface area contributed by atoms with Gasteiger partial charge in [-0.2, -0.15) is 0 Å². The number of piperidine rings is 1. The molecule has 1 fully saturated rings. The molecular weight excluding hydrogens is 298 g/mol. The maximum atomic E-state index is 11.5. The summed E-state index contributed by atoms with van der Waals surface area (Å²) in [6.45, 7) is 5.56. The van der Waals surface area contributed by atoms with Gasteiger partial charge in [0.05, 0.1) is 11.7 Å². The fourth-order valence-electron chi connectivity index (χ4n) is 3.68. The van der Waals surface area contributed by atoms with Crippen LogP contribution in [0.15, 0.2) is 48.5 Å². The van der Waals surface area contributed by atoms with Crippen LogP contribution in [0.4, 0.5) is 0 Å². The summed E-state index contributed by atoms with van der Waals surface area (Å²) < 4.78 is 0. The Morgan fingerprint density at radius 3 is 2.12 bits per heavy atom. The second kappa shape index (κ2) is 6.67. The molecule has 0 aromatic heterocycles. The van der Waals surface area contributed by atoms with Gasteiger partial charge in [0.2, 0.25) is 0 Å². The Kier molecular flexibility index (Phi) is 4.77. The van der Waals surface area contributed by atoms with Crippen molar-refractivity contribution in [3.8, 4) is 0 Å². The van der Waals surface area contributed by atoms with Crippen LogP contribution in [0.1, 0.15) is 34.8 Å². The zero-order valence-electron chi connectivity index (χ0n) is 14.7. The summed E-state index contributed by atoms with van der Waals surface area (Å²) in [7, 11) is 2.05. The normalized spacial score (nSPS) is 26.3. The Bertz CT molecular complexity index is 680. The van der Waals surface area contributed by atoms with E-state index < -0.39 is 11.7 Å². The van der Waals surface area contributed by atoms with Crippen molar-refractivity contribution in [3.05, 3.63) is 70.8 Å². The number of rotatable bonds is 3.